The van der Waals surface area contributed by atoms with Crippen LogP contribution in [0, 0.1) is 23.2 Å². The highest BCUT2D eigenvalue weighted by atomic mass is 16.5. The molecule has 3 N–H and O–H groups in total. The van der Waals surface area contributed by atoms with Crippen LogP contribution < -0.4 is 18.9 Å². The molecular weight excluding hydrogens is 1130 g/mol. The molecule has 5 heterocycles. The van der Waals surface area contributed by atoms with Gasteiger partial charge in [-0.15, -0.1) is 0 Å². The molecule has 0 unspecified atom stereocenters. The number of aliphatic carboxylic acids is 1. The predicted octanol–water partition coefficient (Wildman–Crippen LogP) is 19.6. The number of nitrogens with zero attached hydrogens (tertiary/aromatic N) is 3. The van der Waals surface area contributed by atoms with Crippen LogP contribution in [0.15, 0.2) is 145 Å². The van der Waals surface area contributed by atoms with Crippen molar-refractivity contribution in [2.24, 2.45) is 0 Å². The van der Waals surface area contributed by atoms with Crippen molar-refractivity contribution in [3.05, 3.63) is 185 Å². The molecule has 91 heavy (non-hydrogen) atoms. The molecule has 11 heteroatoms. The van der Waals surface area contributed by atoms with Gasteiger partial charge in [-0.3, -0.25) is 0 Å². The molecule has 0 amide bonds. The maximum absolute atomic E-state index is 11.8. The van der Waals surface area contributed by atoms with Crippen LogP contribution in [0.3, 0.4) is 0 Å². The first kappa shape index (κ1) is 58.8. The van der Waals surface area contributed by atoms with E-state index in [1.165, 1.54) is 31.8 Å². The molecule has 0 radical (unpaired) electrons. The average molecular weight is 1200 g/mol. The smallest absolute Gasteiger partial charge is 0.346 e. The van der Waals surface area contributed by atoms with Gasteiger partial charge in [-0.2, -0.15) is 5.26 Å². The lowest BCUT2D eigenvalue weighted by atomic mass is 9.97. The molecule has 14 rings (SSSR count). The quantitative estimate of drug-likeness (QED) is 0.0548. The van der Waals surface area contributed by atoms with Crippen LogP contribution in [0.1, 0.15) is 168 Å². The van der Waals surface area contributed by atoms with Crippen molar-refractivity contribution in [2.45, 2.75) is 153 Å². The van der Waals surface area contributed by atoms with Crippen LogP contribution in [0.2, 0.25) is 0 Å². The summed E-state index contributed by atoms with van der Waals surface area (Å²) in [6, 6.07) is 49.2. The summed E-state index contributed by atoms with van der Waals surface area (Å²) in [6.45, 7) is 0. The van der Waals surface area contributed by atoms with Crippen LogP contribution >= 0.6 is 0 Å². The third-order valence-corrected chi connectivity index (χ3v) is 18.8. The summed E-state index contributed by atoms with van der Waals surface area (Å²) >= 11 is 0. The van der Waals surface area contributed by atoms with Gasteiger partial charge in [0.2, 0.25) is 0 Å². The summed E-state index contributed by atoms with van der Waals surface area (Å²) in [7, 11) is 0. The SMILES string of the molecule is N#C/C(=C/c1ccc(C#Cc2cc3[nH]c2c(-c2ccccc2OC2CCCCC2)c2nc(c(-c4ccccc4OC4CCCCC4)c4ccc([nH]4)c(-c4ccccc4OC4CCCCC4)c4nc(c3-c3ccccc3OC3CCCCC3)C=C4)C=C2)cc1)C(=O)O. The van der Waals surface area contributed by atoms with Gasteiger partial charge in [0.1, 0.15) is 34.6 Å². The standard InChI is InChI=1S/C80H75N5O6/c81-51-55(80(86)87)49-53-39-37-52(38-40-53)41-42-54-50-70-77(62-31-15-19-35-73(62)90-58-25-9-3-10-26-58)68-46-45-66(83-68)75(60-29-13-17-33-71(60)88-56-21-5-1-6-22-56)64-43-44-65(82-64)76(61-30-14-18-34-72(61)89-57-23-7-2-8-24-57)67-47-48-69(84-67)78(79(54)85-70)63-32-16-20-36-74(63)91-59-27-11-4-12-28-59/h13-20,29-40,43-50,56-59,82,85H,1-12,21-28H2,(H,86,87)/b55-49-,75-64?,75-66?,76-65?,76-67?,77-68?,77-70?,78-69?,79-78?. The Morgan fingerprint density at radius 1 is 0.440 bits per heavy atom. The summed E-state index contributed by atoms with van der Waals surface area (Å²) in [4.78, 5) is 31.6. The topological polar surface area (TPSA) is 155 Å². The molecule has 4 aliphatic carbocycles. The second-order valence-electron chi connectivity index (χ2n) is 25.0. The molecule has 0 saturated heterocycles. The highest BCUT2D eigenvalue weighted by Crippen LogP contribution is 2.46. The van der Waals surface area contributed by atoms with E-state index in [0.29, 0.717) is 22.4 Å². The fourth-order valence-corrected chi connectivity index (χ4v) is 14.2. The zero-order valence-electron chi connectivity index (χ0n) is 51.4. The van der Waals surface area contributed by atoms with Gasteiger partial charge < -0.3 is 34.0 Å². The number of H-pyrrole nitrogens is 2. The predicted molar refractivity (Wildman–Crippen MR) is 364 cm³/mol. The fourth-order valence-electron chi connectivity index (χ4n) is 14.2. The van der Waals surface area contributed by atoms with Gasteiger partial charge in [-0.1, -0.05) is 122 Å². The first-order chi connectivity index (χ1) is 44.9. The van der Waals surface area contributed by atoms with Crippen molar-refractivity contribution >= 4 is 58.4 Å². The second kappa shape index (κ2) is 27.1. The molecule has 0 spiro atoms. The number of carboxylic acids is 1. The largest absolute Gasteiger partial charge is 0.490 e. The number of para-hydroxylation sites is 4. The van der Waals surface area contributed by atoms with Gasteiger partial charge in [-0.25, -0.2) is 14.8 Å². The van der Waals surface area contributed by atoms with E-state index < -0.39 is 5.97 Å². The first-order valence-corrected chi connectivity index (χ1v) is 33.1. The molecular formula is C80H75N5O6. The van der Waals surface area contributed by atoms with E-state index in [1.807, 2.05) is 12.1 Å². The van der Waals surface area contributed by atoms with Gasteiger partial charge in [0.05, 0.1) is 63.8 Å². The highest BCUT2D eigenvalue weighted by Gasteiger charge is 2.28. The molecule has 2 aliphatic heterocycles. The van der Waals surface area contributed by atoms with Gasteiger partial charge >= 0.3 is 5.97 Å². The Hall–Kier alpha value is -9.84. The molecule has 8 bridgehead atoms. The molecule has 11 nitrogen and oxygen atoms in total. The minimum atomic E-state index is -1.28. The number of nitriles is 1. The van der Waals surface area contributed by atoms with Crippen LogP contribution in [0.5, 0.6) is 23.0 Å². The molecule has 0 atom stereocenters. The summed E-state index contributed by atoms with van der Waals surface area (Å²) in [5, 5.41) is 19.2. The Kier molecular flexibility index (Phi) is 17.5. The van der Waals surface area contributed by atoms with Gasteiger partial charge in [-0.05, 0) is 193 Å². The van der Waals surface area contributed by atoms with Gasteiger partial charge in [0.25, 0.3) is 0 Å². The van der Waals surface area contributed by atoms with Crippen molar-refractivity contribution in [1.29, 1.82) is 5.26 Å². The van der Waals surface area contributed by atoms with Crippen molar-refractivity contribution in [1.82, 2.24) is 19.9 Å². The Morgan fingerprint density at radius 3 is 1.19 bits per heavy atom. The number of aromatic nitrogens is 4. The third kappa shape index (κ3) is 13.0. The number of ether oxygens (including phenoxy) is 4. The monoisotopic (exact) mass is 1200 g/mol. The number of carboxylic acid groups (broad SMARTS) is 1. The summed E-state index contributed by atoms with van der Waals surface area (Å²) in [5.74, 6) is 9.06. The number of carbonyl (C=O) groups is 1. The van der Waals surface area contributed by atoms with Crippen LogP contribution in [0.25, 0.3) is 97.0 Å². The van der Waals surface area contributed by atoms with E-state index in [1.54, 1.807) is 18.2 Å². The molecule has 3 aromatic heterocycles. The van der Waals surface area contributed by atoms with E-state index in [0.717, 1.165) is 209 Å². The number of hydrogen-bond acceptors (Lipinski definition) is 8. The fraction of sp³-hybridized carbons (Fsp3) is 0.300. The van der Waals surface area contributed by atoms with Crippen molar-refractivity contribution in [3.63, 3.8) is 0 Å². The number of fused-ring (bicyclic) bond motifs is 8. The Morgan fingerprint density at radius 2 is 0.802 bits per heavy atom. The molecule has 5 aromatic carbocycles. The van der Waals surface area contributed by atoms with Crippen LogP contribution in [-0.2, 0) is 4.79 Å². The Bertz CT molecular complexity index is 4410. The maximum atomic E-state index is 11.8. The number of benzene rings is 5. The molecule has 456 valence electrons. The molecule has 4 saturated carbocycles. The Labute approximate surface area is 532 Å². The van der Waals surface area contributed by atoms with E-state index in [9.17, 15) is 15.2 Å². The minimum absolute atomic E-state index is 0.0502. The average Bonchev–Trinajstić information content (AvgIpc) is 1.66. The molecule has 6 aliphatic rings. The molecule has 4 fully saturated rings. The van der Waals surface area contributed by atoms with Gasteiger partial charge in [0, 0.05) is 61.1 Å². The van der Waals surface area contributed by atoms with E-state index in [4.69, 9.17) is 28.9 Å². The zero-order chi connectivity index (χ0) is 61.5. The van der Waals surface area contributed by atoms with Gasteiger partial charge in [0.15, 0.2) is 0 Å². The third-order valence-electron chi connectivity index (χ3n) is 18.8. The Balaban J connectivity index is 1.10. The number of nitrogens with one attached hydrogen (secondary N) is 2. The van der Waals surface area contributed by atoms with Crippen molar-refractivity contribution in [2.75, 3.05) is 0 Å². The molecule has 8 aromatic rings. The normalized spacial score (nSPS) is 16.6. The lowest BCUT2D eigenvalue weighted by Crippen LogP contribution is -2.20. The van der Waals surface area contributed by atoms with Crippen molar-refractivity contribution in [3.8, 4) is 85.4 Å². The van der Waals surface area contributed by atoms with E-state index in [-0.39, 0.29) is 30.0 Å². The highest BCUT2D eigenvalue weighted by molar-refractivity contribution is 6.03. The maximum Gasteiger partial charge on any atom is 0.346 e. The summed E-state index contributed by atoms with van der Waals surface area (Å²) in [6.07, 6.45) is 32.0. The summed E-state index contributed by atoms with van der Waals surface area (Å²) < 4.78 is 28.5. The zero-order valence-corrected chi connectivity index (χ0v) is 51.4. The first-order valence-electron chi connectivity index (χ1n) is 33.1. The summed E-state index contributed by atoms with van der Waals surface area (Å²) in [5.41, 5.74) is 14.9. The second-order valence-corrected chi connectivity index (χ2v) is 25.0. The van der Waals surface area contributed by atoms with Crippen LogP contribution in [0.4, 0.5) is 0 Å². The van der Waals surface area contributed by atoms with E-state index in [2.05, 4.69) is 161 Å². The number of hydrogen-bond donors (Lipinski definition) is 3. The minimum Gasteiger partial charge on any atom is -0.490 e. The number of aromatic amines is 2. The van der Waals surface area contributed by atoms with E-state index >= 15 is 0 Å². The lowest BCUT2D eigenvalue weighted by molar-refractivity contribution is -0.132. The van der Waals surface area contributed by atoms with Crippen LogP contribution in [-0.4, -0.2) is 55.4 Å². The lowest BCUT2D eigenvalue weighted by Gasteiger charge is -2.24. The van der Waals surface area contributed by atoms with Crippen molar-refractivity contribution < 1.29 is 28.8 Å². The number of rotatable bonds is 14.